The number of rotatable bonds is 6. The molecule has 7 heteroatoms. The number of aliphatic hydroxyl groups excluding tert-OH is 1. The fourth-order valence-electron chi connectivity index (χ4n) is 4.80. The van der Waals surface area contributed by atoms with Crippen molar-refractivity contribution in [3.05, 3.63) is 107 Å². The van der Waals surface area contributed by atoms with Gasteiger partial charge in [-0.2, -0.15) is 0 Å². The van der Waals surface area contributed by atoms with Gasteiger partial charge in [0.05, 0.1) is 18.2 Å². The van der Waals surface area contributed by atoms with Gasteiger partial charge in [-0.05, 0) is 42.8 Å². The molecule has 36 heavy (non-hydrogen) atoms. The molecule has 0 aliphatic carbocycles. The van der Waals surface area contributed by atoms with Crippen LogP contribution in [0, 0.1) is 5.82 Å². The molecule has 0 radical (unpaired) electrons. The van der Waals surface area contributed by atoms with Crippen LogP contribution in [-0.4, -0.2) is 32.9 Å². The third-order valence-electron chi connectivity index (χ3n) is 6.45. The number of hydrogen-bond acceptors (Lipinski definition) is 4. The van der Waals surface area contributed by atoms with E-state index >= 15 is 0 Å². The predicted molar refractivity (Wildman–Crippen MR) is 135 cm³/mol. The maximum Gasteiger partial charge on any atom is 0.295 e. The molecule has 6 nitrogen and oxygen atoms in total. The first-order valence-electron chi connectivity index (χ1n) is 11.7. The molecule has 1 unspecified atom stereocenters. The van der Waals surface area contributed by atoms with E-state index in [0.717, 1.165) is 16.5 Å². The maximum absolute atomic E-state index is 13.5. The summed E-state index contributed by atoms with van der Waals surface area (Å²) in [5, 5.41) is 12.3. The minimum absolute atomic E-state index is 0.00659. The van der Waals surface area contributed by atoms with Crippen LogP contribution in [-0.2, 0) is 23.2 Å². The number of amides is 1. The quantitative estimate of drug-likeness (QED) is 0.228. The number of carbonyl (C=O) groups is 2. The van der Waals surface area contributed by atoms with Gasteiger partial charge in [-0.3, -0.25) is 9.59 Å². The number of Topliss-reactive ketones (excluding diaryl/α,β-unsaturated/α-hetero) is 1. The van der Waals surface area contributed by atoms with E-state index in [1.807, 2.05) is 49.0 Å². The van der Waals surface area contributed by atoms with Gasteiger partial charge in [-0.1, -0.05) is 42.5 Å². The lowest BCUT2D eigenvalue weighted by Gasteiger charge is -2.25. The molecule has 0 spiro atoms. The summed E-state index contributed by atoms with van der Waals surface area (Å²) in [5.74, 6) is -1.60. The highest BCUT2D eigenvalue weighted by Gasteiger charge is 2.47. The van der Waals surface area contributed by atoms with Gasteiger partial charge < -0.3 is 19.3 Å². The molecule has 4 aromatic rings. The Morgan fingerprint density at radius 2 is 1.78 bits per heavy atom. The van der Waals surface area contributed by atoms with Gasteiger partial charge in [-0.25, -0.2) is 4.39 Å². The number of halogens is 1. The van der Waals surface area contributed by atoms with E-state index < -0.39 is 17.7 Å². The van der Waals surface area contributed by atoms with Gasteiger partial charge in [-0.15, -0.1) is 0 Å². The van der Waals surface area contributed by atoms with Crippen LogP contribution in [0.15, 0.2) is 84.6 Å². The lowest BCUT2D eigenvalue weighted by molar-refractivity contribution is -0.140. The number of ether oxygens (including phenoxy) is 1. The van der Waals surface area contributed by atoms with Crippen LogP contribution in [0.2, 0.25) is 0 Å². The third-order valence-corrected chi connectivity index (χ3v) is 6.45. The zero-order chi connectivity index (χ0) is 25.4. The van der Waals surface area contributed by atoms with Crippen LogP contribution in [0.1, 0.15) is 29.7 Å². The third kappa shape index (κ3) is 4.02. The Kier molecular flexibility index (Phi) is 6.06. The Morgan fingerprint density at radius 3 is 2.53 bits per heavy atom. The molecule has 3 aromatic carbocycles. The second kappa shape index (κ2) is 9.34. The maximum atomic E-state index is 13.5. The van der Waals surface area contributed by atoms with Crippen molar-refractivity contribution in [2.75, 3.05) is 6.61 Å². The zero-order valence-corrected chi connectivity index (χ0v) is 19.9. The summed E-state index contributed by atoms with van der Waals surface area (Å²) in [7, 11) is 1.89. The number of fused-ring (bicyclic) bond motifs is 1. The summed E-state index contributed by atoms with van der Waals surface area (Å²) in [5.41, 5.74) is 2.70. The number of hydrogen-bond donors (Lipinski definition) is 1. The first kappa shape index (κ1) is 23.4. The molecule has 1 atom stereocenters. The summed E-state index contributed by atoms with van der Waals surface area (Å²) in [6, 6.07) is 19.5. The Hall–Kier alpha value is -4.39. The van der Waals surface area contributed by atoms with Crippen molar-refractivity contribution in [3.8, 4) is 5.75 Å². The Morgan fingerprint density at radius 1 is 1.03 bits per heavy atom. The number of aliphatic hydroxyl groups is 1. The number of benzene rings is 3. The van der Waals surface area contributed by atoms with Crippen LogP contribution in [0.3, 0.4) is 0 Å². The van der Waals surface area contributed by atoms with E-state index in [-0.39, 0.29) is 23.7 Å². The number of likely N-dealkylation sites (tertiary alicyclic amines) is 1. The molecule has 1 fully saturated rings. The highest BCUT2D eigenvalue weighted by atomic mass is 19.1. The van der Waals surface area contributed by atoms with Gasteiger partial charge in [0.15, 0.2) is 0 Å². The predicted octanol–water partition coefficient (Wildman–Crippen LogP) is 5.34. The molecule has 1 N–H and O–H groups in total. The average Bonchev–Trinajstić information content (AvgIpc) is 3.34. The van der Waals surface area contributed by atoms with Gasteiger partial charge >= 0.3 is 0 Å². The van der Waals surface area contributed by atoms with Crippen LogP contribution in [0.4, 0.5) is 4.39 Å². The molecule has 1 saturated heterocycles. The van der Waals surface area contributed by atoms with Crippen LogP contribution < -0.4 is 4.74 Å². The normalized spacial score (nSPS) is 17.2. The molecular weight excluding hydrogens is 459 g/mol. The number of nitrogens with zero attached hydrogens (tertiary/aromatic N) is 2. The first-order valence-corrected chi connectivity index (χ1v) is 11.7. The highest BCUT2D eigenvalue weighted by Crippen LogP contribution is 2.43. The van der Waals surface area contributed by atoms with E-state index in [1.165, 1.54) is 17.0 Å². The molecule has 1 amide bonds. The first-order chi connectivity index (χ1) is 17.4. The summed E-state index contributed by atoms with van der Waals surface area (Å²) >= 11 is 0. The van der Waals surface area contributed by atoms with Crippen molar-refractivity contribution in [1.29, 1.82) is 0 Å². The van der Waals surface area contributed by atoms with Gasteiger partial charge in [0, 0.05) is 41.8 Å². The molecule has 2 heterocycles. The minimum Gasteiger partial charge on any atom is -0.507 e. The molecule has 1 aliphatic heterocycles. The minimum atomic E-state index is -0.836. The van der Waals surface area contributed by atoms with E-state index in [9.17, 15) is 19.1 Å². The molecule has 182 valence electrons. The van der Waals surface area contributed by atoms with Gasteiger partial charge in [0.25, 0.3) is 11.7 Å². The average molecular weight is 485 g/mol. The van der Waals surface area contributed by atoms with E-state index in [0.29, 0.717) is 23.5 Å². The van der Waals surface area contributed by atoms with Crippen molar-refractivity contribution in [2.45, 2.75) is 19.5 Å². The lowest BCUT2D eigenvalue weighted by Crippen LogP contribution is -2.29. The number of carbonyl (C=O) groups excluding carboxylic acids is 2. The zero-order valence-electron chi connectivity index (χ0n) is 19.9. The largest absolute Gasteiger partial charge is 0.507 e. The van der Waals surface area contributed by atoms with Crippen molar-refractivity contribution in [2.24, 2.45) is 7.05 Å². The number of ketones is 1. The summed E-state index contributed by atoms with van der Waals surface area (Å²) in [6.45, 7) is 2.38. The lowest BCUT2D eigenvalue weighted by atomic mass is 9.94. The van der Waals surface area contributed by atoms with Gasteiger partial charge in [0.1, 0.15) is 17.3 Å². The van der Waals surface area contributed by atoms with E-state index in [2.05, 4.69) is 0 Å². The standard InChI is InChI=1S/C29H25FN2O4/c1-3-36-21-8-6-7-19(15-21)27(33)25-26(23-17-31(2)24-10-5-4-9-22(23)24)32(29(35)28(25)34)16-18-11-13-20(30)14-12-18/h4-15,17,26,33H,3,16H2,1-2H3/b27-25+. The smallest absolute Gasteiger partial charge is 0.295 e. The molecule has 1 aliphatic rings. The number of aryl methyl sites for hydroxylation is 1. The van der Waals surface area contributed by atoms with Crippen LogP contribution >= 0.6 is 0 Å². The topological polar surface area (TPSA) is 71.8 Å². The summed E-state index contributed by atoms with van der Waals surface area (Å²) < 4.78 is 21.0. The van der Waals surface area contributed by atoms with Crippen molar-refractivity contribution in [1.82, 2.24) is 9.47 Å². The Balaban J connectivity index is 1.70. The summed E-state index contributed by atoms with van der Waals surface area (Å²) in [6.07, 6.45) is 1.88. The van der Waals surface area contributed by atoms with Gasteiger partial charge in [0.2, 0.25) is 0 Å². The fourth-order valence-corrected chi connectivity index (χ4v) is 4.80. The van der Waals surface area contributed by atoms with Crippen LogP contribution in [0.25, 0.3) is 16.7 Å². The second-order valence-electron chi connectivity index (χ2n) is 8.73. The second-order valence-corrected chi connectivity index (χ2v) is 8.73. The molecule has 0 bridgehead atoms. The van der Waals surface area contributed by atoms with E-state index in [4.69, 9.17) is 4.74 Å². The van der Waals surface area contributed by atoms with E-state index in [1.54, 1.807) is 36.4 Å². The molecule has 5 rings (SSSR count). The SMILES string of the molecule is CCOc1cccc(/C(O)=C2\C(=O)C(=O)N(Cc3ccc(F)cc3)C2c2cn(C)c3ccccc23)c1. The molecule has 0 saturated carbocycles. The summed E-state index contributed by atoms with van der Waals surface area (Å²) in [4.78, 5) is 28.2. The highest BCUT2D eigenvalue weighted by molar-refractivity contribution is 6.46. The fraction of sp³-hybridized carbons (Fsp3) is 0.172. The monoisotopic (exact) mass is 484 g/mol. The van der Waals surface area contributed by atoms with Crippen molar-refractivity contribution >= 4 is 28.4 Å². The van der Waals surface area contributed by atoms with Crippen molar-refractivity contribution in [3.63, 3.8) is 0 Å². The van der Waals surface area contributed by atoms with Crippen molar-refractivity contribution < 1.29 is 23.8 Å². The molecule has 1 aromatic heterocycles. The Bertz CT molecular complexity index is 1500. The Labute approximate surface area is 207 Å². The van der Waals surface area contributed by atoms with Crippen LogP contribution in [0.5, 0.6) is 5.75 Å². The number of para-hydroxylation sites is 1. The molecular formula is C29H25FN2O4. The number of aromatic nitrogens is 1.